The van der Waals surface area contributed by atoms with Crippen molar-refractivity contribution < 1.29 is 21.6 Å². The lowest BCUT2D eigenvalue weighted by molar-refractivity contribution is -0.137. The second-order valence-corrected chi connectivity index (χ2v) is 6.90. The van der Waals surface area contributed by atoms with E-state index in [4.69, 9.17) is 5.26 Å². The highest BCUT2D eigenvalue weighted by Gasteiger charge is 2.31. The largest absolute Gasteiger partial charge is 0.416 e. The van der Waals surface area contributed by atoms with Gasteiger partial charge in [0.15, 0.2) is 0 Å². The van der Waals surface area contributed by atoms with Crippen LogP contribution in [-0.4, -0.2) is 26.3 Å². The average Bonchev–Trinajstić information content (AvgIpc) is 2.30. The minimum Gasteiger partial charge on any atom is -0.212 e. The van der Waals surface area contributed by atoms with Crippen LogP contribution in [0, 0.1) is 11.3 Å². The van der Waals surface area contributed by atoms with Crippen molar-refractivity contribution in [1.82, 2.24) is 4.31 Å². The summed E-state index contributed by atoms with van der Waals surface area (Å²) in [7, 11) is -2.65. The number of benzene rings is 1. The van der Waals surface area contributed by atoms with Crippen LogP contribution in [-0.2, 0) is 22.0 Å². The molecule has 0 fully saturated rings. The quantitative estimate of drug-likeness (QED) is 0.765. The number of hydrogen-bond acceptors (Lipinski definition) is 3. The fourth-order valence-electron chi connectivity index (χ4n) is 1.37. The molecule has 1 aromatic rings. The molecule has 0 saturated carbocycles. The normalized spacial score (nSPS) is 12.4. The molecule has 0 aliphatic carbocycles. The number of hydrogen-bond donors (Lipinski definition) is 0. The Morgan fingerprint density at radius 3 is 2.50 bits per heavy atom. The number of nitriles is 1. The number of sulfonamides is 1. The first kappa shape index (κ1) is 16.9. The molecule has 0 N–H and O–H groups in total. The highest BCUT2D eigenvalue weighted by Crippen LogP contribution is 2.32. The van der Waals surface area contributed by atoms with Gasteiger partial charge in [-0.1, -0.05) is 15.9 Å². The fraction of sp³-hybridized carbons (Fsp3) is 0.364. The molecule has 20 heavy (non-hydrogen) atoms. The molecular weight excluding hydrogens is 361 g/mol. The molecule has 0 bridgehead atoms. The minimum absolute atomic E-state index is 0.00962. The zero-order chi connectivity index (χ0) is 15.6. The predicted octanol–water partition coefficient (Wildman–Crippen LogP) is 2.75. The van der Waals surface area contributed by atoms with E-state index in [1.807, 2.05) is 0 Å². The van der Waals surface area contributed by atoms with Crippen molar-refractivity contribution in [2.45, 2.75) is 11.9 Å². The van der Waals surface area contributed by atoms with Crippen LogP contribution in [0.1, 0.15) is 11.1 Å². The second kappa shape index (κ2) is 6.11. The van der Waals surface area contributed by atoms with Crippen molar-refractivity contribution in [2.75, 3.05) is 13.6 Å². The zero-order valence-electron chi connectivity index (χ0n) is 10.3. The van der Waals surface area contributed by atoms with E-state index in [0.717, 1.165) is 22.5 Å². The molecule has 0 unspecified atom stereocenters. The number of rotatable bonds is 4. The first-order valence-electron chi connectivity index (χ1n) is 5.24. The third kappa shape index (κ3) is 4.19. The molecular formula is C11H10BrF3N2O2S. The summed E-state index contributed by atoms with van der Waals surface area (Å²) < 4.78 is 62.6. The Labute approximate surface area is 123 Å². The van der Waals surface area contributed by atoms with Crippen LogP contribution in [0.25, 0.3) is 0 Å². The maximum atomic E-state index is 12.6. The molecule has 0 saturated heterocycles. The van der Waals surface area contributed by atoms with Gasteiger partial charge in [0, 0.05) is 11.5 Å². The standard InChI is InChI=1S/C11H10BrF3N2O2S/c1-17(5-4-16)20(18,19)7-8-6-9(11(13,14)15)2-3-10(8)12/h2-3,6H,5,7H2,1H3. The van der Waals surface area contributed by atoms with E-state index in [1.165, 1.54) is 7.05 Å². The molecule has 1 aromatic carbocycles. The lowest BCUT2D eigenvalue weighted by Gasteiger charge is -2.15. The molecule has 0 amide bonds. The molecule has 0 aliphatic rings. The van der Waals surface area contributed by atoms with E-state index >= 15 is 0 Å². The monoisotopic (exact) mass is 370 g/mol. The van der Waals surface area contributed by atoms with Crippen LogP contribution in [0.2, 0.25) is 0 Å². The lowest BCUT2D eigenvalue weighted by atomic mass is 10.1. The smallest absolute Gasteiger partial charge is 0.212 e. The molecule has 0 spiro atoms. The van der Waals surface area contributed by atoms with E-state index < -0.39 is 27.5 Å². The van der Waals surface area contributed by atoms with Crippen LogP contribution in [0.15, 0.2) is 22.7 Å². The van der Waals surface area contributed by atoms with Gasteiger partial charge in [0.1, 0.15) is 6.54 Å². The van der Waals surface area contributed by atoms with Crippen molar-refractivity contribution in [1.29, 1.82) is 5.26 Å². The highest BCUT2D eigenvalue weighted by atomic mass is 79.9. The van der Waals surface area contributed by atoms with Crippen molar-refractivity contribution in [3.63, 3.8) is 0 Å². The Morgan fingerprint density at radius 1 is 1.40 bits per heavy atom. The van der Waals surface area contributed by atoms with Crippen molar-refractivity contribution >= 4 is 26.0 Å². The second-order valence-electron chi connectivity index (χ2n) is 3.97. The molecule has 4 nitrogen and oxygen atoms in total. The van der Waals surface area contributed by atoms with Gasteiger partial charge < -0.3 is 0 Å². The summed E-state index contributed by atoms with van der Waals surface area (Å²) in [4.78, 5) is 0. The third-order valence-electron chi connectivity index (χ3n) is 2.48. The Kier molecular flexibility index (Phi) is 5.18. The predicted molar refractivity (Wildman–Crippen MR) is 70.0 cm³/mol. The Hall–Kier alpha value is -1.11. The number of alkyl halides is 3. The lowest BCUT2D eigenvalue weighted by Crippen LogP contribution is -2.28. The molecule has 0 aliphatic heterocycles. The minimum atomic E-state index is -4.54. The first-order valence-corrected chi connectivity index (χ1v) is 7.64. The molecule has 0 radical (unpaired) electrons. The van der Waals surface area contributed by atoms with Gasteiger partial charge in [-0.25, -0.2) is 8.42 Å². The number of halogens is 4. The van der Waals surface area contributed by atoms with Crippen LogP contribution >= 0.6 is 15.9 Å². The topological polar surface area (TPSA) is 61.2 Å². The van der Waals surface area contributed by atoms with Crippen LogP contribution in [0.4, 0.5) is 13.2 Å². The fourth-order valence-corrected chi connectivity index (χ4v) is 3.05. The molecule has 0 aromatic heterocycles. The zero-order valence-corrected chi connectivity index (χ0v) is 12.7. The molecule has 1 rings (SSSR count). The van der Waals surface area contributed by atoms with Crippen LogP contribution < -0.4 is 0 Å². The van der Waals surface area contributed by atoms with E-state index in [0.29, 0.717) is 0 Å². The first-order chi connectivity index (χ1) is 9.08. The SMILES string of the molecule is CN(CC#N)S(=O)(=O)Cc1cc(C(F)(F)F)ccc1Br. The average molecular weight is 371 g/mol. The van der Waals surface area contributed by atoms with E-state index in [1.54, 1.807) is 6.07 Å². The van der Waals surface area contributed by atoms with Gasteiger partial charge in [-0.2, -0.15) is 22.7 Å². The maximum absolute atomic E-state index is 12.6. The van der Waals surface area contributed by atoms with Crippen molar-refractivity contribution in [3.8, 4) is 6.07 Å². The van der Waals surface area contributed by atoms with Gasteiger partial charge in [-0.05, 0) is 23.8 Å². The van der Waals surface area contributed by atoms with Gasteiger partial charge in [-0.3, -0.25) is 0 Å². The summed E-state index contributed by atoms with van der Waals surface area (Å²) in [6.07, 6.45) is -4.54. The van der Waals surface area contributed by atoms with E-state index in [9.17, 15) is 21.6 Å². The molecule has 0 heterocycles. The Morgan fingerprint density at radius 2 is 2.00 bits per heavy atom. The van der Waals surface area contributed by atoms with Crippen molar-refractivity contribution in [2.24, 2.45) is 0 Å². The third-order valence-corrected chi connectivity index (χ3v) is 5.01. The van der Waals surface area contributed by atoms with E-state index in [2.05, 4.69) is 15.9 Å². The summed E-state index contributed by atoms with van der Waals surface area (Å²) in [5.74, 6) is -0.615. The Balaban J connectivity index is 3.13. The summed E-state index contributed by atoms with van der Waals surface area (Å²) in [6.45, 7) is -0.362. The summed E-state index contributed by atoms with van der Waals surface area (Å²) >= 11 is 3.02. The highest BCUT2D eigenvalue weighted by molar-refractivity contribution is 9.10. The molecule has 110 valence electrons. The molecule has 9 heteroatoms. The van der Waals surface area contributed by atoms with Crippen molar-refractivity contribution in [3.05, 3.63) is 33.8 Å². The van der Waals surface area contributed by atoms with Gasteiger partial charge in [-0.15, -0.1) is 0 Å². The molecule has 0 atom stereocenters. The van der Waals surface area contributed by atoms with Gasteiger partial charge in [0.25, 0.3) is 0 Å². The van der Waals surface area contributed by atoms with E-state index in [-0.39, 0.29) is 16.6 Å². The van der Waals surface area contributed by atoms with Crippen LogP contribution in [0.5, 0.6) is 0 Å². The summed E-state index contributed by atoms with van der Waals surface area (Å²) in [5.41, 5.74) is -0.932. The summed E-state index contributed by atoms with van der Waals surface area (Å²) in [6, 6.07) is 4.46. The van der Waals surface area contributed by atoms with Gasteiger partial charge >= 0.3 is 6.18 Å². The number of nitrogens with zero attached hydrogens (tertiary/aromatic N) is 2. The van der Waals surface area contributed by atoms with Crippen LogP contribution in [0.3, 0.4) is 0 Å². The van der Waals surface area contributed by atoms with Gasteiger partial charge in [0.05, 0.1) is 17.4 Å². The Bertz CT molecular complexity index is 638. The van der Waals surface area contributed by atoms with Gasteiger partial charge in [0.2, 0.25) is 10.0 Å². The summed E-state index contributed by atoms with van der Waals surface area (Å²) in [5, 5.41) is 8.46. The maximum Gasteiger partial charge on any atom is 0.416 e.